The number of aryl methyl sites for hydroxylation is 1. The predicted octanol–water partition coefficient (Wildman–Crippen LogP) is 4.02. The van der Waals surface area contributed by atoms with E-state index in [0.717, 1.165) is 25.1 Å². The van der Waals surface area contributed by atoms with E-state index < -0.39 is 0 Å². The maximum atomic E-state index is 6.29. The number of nitrogens with one attached hydrogen (secondary N) is 1. The van der Waals surface area contributed by atoms with E-state index in [9.17, 15) is 0 Å². The molecule has 1 N–H and O–H groups in total. The van der Waals surface area contributed by atoms with Crippen molar-refractivity contribution in [3.05, 3.63) is 29.6 Å². The fraction of sp³-hybridized carbons (Fsp3) is 0.722. The molecule has 0 bridgehead atoms. The number of ether oxygens (including phenoxy) is 1. The number of hydrogen-bond donors (Lipinski definition) is 1. The van der Waals surface area contributed by atoms with Gasteiger partial charge in [-0.05, 0) is 65.6 Å². The van der Waals surface area contributed by atoms with Gasteiger partial charge in [0.1, 0.15) is 0 Å². The van der Waals surface area contributed by atoms with E-state index in [1.54, 1.807) is 0 Å². The Bertz CT molecular complexity index is 465. The average Bonchev–Trinajstić information content (AvgIpc) is 2.60. The number of rotatable bonds is 5. The molecule has 2 rings (SSSR count). The zero-order chi connectivity index (χ0) is 15.7. The first-order chi connectivity index (χ1) is 9.75. The summed E-state index contributed by atoms with van der Waals surface area (Å²) in [6.45, 7) is 14.1. The lowest BCUT2D eigenvalue weighted by Gasteiger charge is -2.34. The minimum absolute atomic E-state index is 0.0571. The Morgan fingerprint density at radius 3 is 2.52 bits per heavy atom. The van der Waals surface area contributed by atoms with Crippen LogP contribution in [0.3, 0.4) is 0 Å². The molecular weight excluding hydrogens is 260 g/mol. The molecule has 0 aliphatic carbocycles. The molecule has 2 unspecified atom stereocenters. The van der Waals surface area contributed by atoms with Crippen molar-refractivity contribution in [2.45, 2.75) is 71.6 Å². The van der Waals surface area contributed by atoms with Gasteiger partial charge < -0.3 is 10.1 Å². The Kier molecular flexibility index (Phi) is 4.74. The van der Waals surface area contributed by atoms with Gasteiger partial charge in [-0.15, -0.1) is 0 Å². The fourth-order valence-corrected chi connectivity index (χ4v) is 3.58. The summed E-state index contributed by atoms with van der Waals surface area (Å²) in [6, 6.07) is 4.61. The van der Waals surface area contributed by atoms with Gasteiger partial charge in [0.15, 0.2) is 0 Å². The van der Waals surface area contributed by atoms with Crippen molar-refractivity contribution in [2.75, 3.05) is 6.54 Å². The van der Waals surface area contributed by atoms with Crippen molar-refractivity contribution in [1.29, 1.82) is 0 Å². The van der Waals surface area contributed by atoms with E-state index in [4.69, 9.17) is 4.74 Å². The third-order valence-corrected chi connectivity index (χ3v) is 4.45. The second-order valence-corrected chi connectivity index (χ2v) is 7.44. The topological polar surface area (TPSA) is 34.2 Å². The molecule has 0 spiro atoms. The molecule has 3 heteroatoms. The minimum Gasteiger partial charge on any atom is -0.369 e. The quantitative estimate of drug-likeness (QED) is 0.889. The molecule has 0 radical (unpaired) electrons. The maximum absolute atomic E-state index is 6.29. The number of nitrogens with zero attached hydrogens (tertiary/aromatic N) is 1. The Morgan fingerprint density at radius 2 is 2.05 bits per heavy atom. The molecule has 3 nitrogen and oxygen atoms in total. The van der Waals surface area contributed by atoms with Crippen LogP contribution in [-0.2, 0) is 4.74 Å². The smallest absolute Gasteiger partial charge is 0.0681 e. The van der Waals surface area contributed by atoms with Gasteiger partial charge >= 0.3 is 0 Å². The third-order valence-electron chi connectivity index (χ3n) is 4.45. The van der Waals surface area contributed by atoms with Crippen LogP contribution in [0.4, 0.5) is 0 Å². The predicted molar refractivity (Wildman–Crippen MR) is 87.4 cm³/mol. The fourth-order valence-electron chi connectivity index (χ4n) is 3.58. The second-order valence-electron chi connectivity index (χ2n) is 7.44. The van der Waals surface area contributed by atoms with E-state index in [-0.39, 0.29) is 11.2 Å². The SMILES string of the molecule is CCCNC(c1ccc(C)nc1)C1CC(C)(C)OC1(C)C. The molecule has 1 aliphatic heterocycles. The summed E-state index contributed by atoms with van der Waals surface area (Å²) >= 11 is 0. The summed E-state index contributed by atoms with van der Waals surface area (Å²) in [5.74, 6) is 0.448. The number of pyridine rings is 1. The van der Waals surface area contributed by atoms with Crippen LogP contribution in [-0.4, -0.2) is 22.7 Å². The molecule has 0 amide bonds. The summed E-state index contributed by atoms with van der Waals surface area (Å²) in [5, 5.41) is 3.72. The summed E-state index contributed by atoms with van der Waals surface area (Å²) in [4.78, 5) is 4.48. The molecule has 0 aromatic carbocycles. The minimum atomic E-state index is -0.125. The lowest BCUT2D eigenvalue weighted by Crippen LogP contribution is -2.38. The standard InChI is InChI=1S/C18H30N2O/c1-7-10-19-16(14-9-8-13(2)20-12-14)15-11-17(3,4)21-18(15,5)6/h8-9,12,15-16,19H,7,10-11H2,1-6H3. The van der Waals surface area contributed by atoms with Crippen LogP contribution in [0.25, 0.3) is 0 Å². The molecule has 2 atom stereocenters. The van der Waals surface area contributed by atoms with E-state index in [1.807, 2.05) is 13.1 Å². The average molecular weight is 290 g/mol. The van der Waals surface area contributed by atoms with Gasteiger partial charge in [-0.25, -0.2) is 0 Å². The zero-order valence-electron chi connectivity index (χ0n) is 14.4. The third kappa shape index (κ3) is 3.83. The van der Waals surface area contributed by atoms with Gasteiger partial charge in [-0.1, -0.05) is 13.0 Å². The van der Waals surface area contributed by atoms with Crippen LogP contribution >= 0.6 is 0 Å². The van der Waals surface area contributed by atoms with Crippen LogP contribution in [0, 0.1) is 12.8 Å². The van der Waals surface area contributed by atoms with Crippen LogP contribution in [0.2, 0.25) is 0 Å². The number of hydrogen-bond acceptors (Lipinski definition) is 3. The van der Waals surface area contributed by atoms with Crippen molar-refractivity contribution >= 4 is 0 Å². The van der Waals surface area contributed by atoms with Gasteiger partial charge in [0.2, 0.25) is 0 Å². The summed E-state index contributed by atoms with van der Waals surface area (Å²) in [7, 11) is 0. The highest BCUT2D eigenvalue weighted by Crippen LogP contribution is 2.47. The van der Waals surface area contributed by atoms with Crippen molar-refractivity contribution < 1.29 is 4.74 Å². The molecule has 1 saturated heterocycles. The van der Waals surface area contributed by atoms with Crippen molar-refractivity contribution in [3.8, 4) is 0 Å². The van der Waals surface area contributed by atoms with Gasteiger partial charge in [0.05, 0.1) is 11.2 Å². The van der Waals surface area contributed by atoms with E-state index in [0.29, 0.717) is 12.0 Å². The molecule has 1 aromatic heterocycles. The van der Waals surface area contributed by atoms with Gasteiger partial charge in [-0.2, -0.15) is 0 Å². The molecular formula is C18H30N2O. The number of aromatic nitrogens is 1. The van der Waals surface area contributed by atoms with Crippen molar-refractivity contribution in [3.63, 3.8) is 0 Å². The molecule has 0 saturated carbocycles. The summed E-state index contributed by atoms with van der Waals surface area (Å²) in [6.07, 6.45) is 4.21. The van der Waals surface area contributed by atoms with Crippen molar-refractivity contribution in [1.82, 2.24) is 10.3 Å². The van der Waals surface area contributed by atoms with E-state index in [2.05, 4.69) is 57.1 Å². The summed E-state index contributed by atoms with van der Waals surface area (Å²) in [5.41, 5.74) is 2.15. The zero-order valence-corrected chi connectivity index (χ0v) is 14.4. The molecule has 1 aromatic rings. The highest BCUT2D eigenvalue weighted by molar-refractivity contribution is 5.20. The normalized spacial score (nSPS) is 25.0. The monoisotopic (exact) mass is 290 g/mol. The van der Waals surface area contributed by atoms with Gasteiger partial charge in [-0.3, -0.25) is 4.98 Å². The lowest BCUT2D eigenvalue weighted by atomic mass is 9.79. The van der Waals surface area contributed by atoms with Gasteiger partial charge in [0.25, 0.3) is 0 Å². The van der Waals surface area contributed by atoms with Crippen LogP contribution in [0.15, 0.2) is 18.3 Å². The second kappa shape index (κ2) is 6.05. The molecule has 1 fully saturated rings. The summed E-state index contributed by atoms with van der Waals surface area (Å²) < 4.78 is 6.29. The first-order valence-corrected chi connectivity index (χ1v) is 8.11. The van der Waals surface area contributed by atoms with E-state index >= 15 is 0 Å². The molecule has 118 valence electrons. The van der Waals surface area contributed by atoms with Crippen LogP contribution in [0.1, 0.15) is 64.8 Å². The Hall–Kier alpha value is -0.930. The van der Waals surface area contributed by atoms with Crippen LogP contribution < -0.4 is 5.32 Å². The first kappa shape index (κ1) is 16.4. The Balaban J connectivity index is 2.29. The Morgan fingerprint density at radius 1 is 1.33 bits per heavy atom. The molecule has 1 aliphatic rings. The van der Waals surface area contributed by atoms with Gasteiger partial charge in [0, 0.05) is 23.9 Å². The molecule has 21 heavy (non-hydrogen) atoms. The molecule has 2 heterocycles. The highest BCUT2D eigenvalue weighted by atomic mass is 16.5. The first-order valence-electron chi connectivity index (χ1n) is 8.11. The largest absolute Gasteiger partial charge is 0.369 e. The van der Waals surface area contributed by atoms with E-state index in [1.165, 1.54) is 5.56 Å². The van der Waals surface area contributed by atoms with Crippen molar-refractivity contribution in [2.24, 2.45) is 5.92 Å². The van der Waals surface area contributed by atoms with Crippen LogP contribution in [0.5, 0.6) is 0 Å². The highest BCUT2D eigenvalue weighted by Gasteiger charge is 2.49. The lowest BCUT2D eigenvalue weighted by molar-refractivity contribution is -0.0778. The maximum Gasteiger partial charge on any atom is 0.0681 e. The Labute approximate surface area is 129 Å².